The lowest BCUT2D eigenvalue weighted by molar-refractivity contribution is 0.294. The molecule has 21 heavy (non-hydrogen) atoms. The molecule has 7 nitrogen and oxygen atoms in total. The van der Waals surface area contributed by atoms with Gasteiger partial charge in [-0.1, -0.05) is 0 Å². The molecule has 2 heterocycles. The molecule has 8 heteroatoms. The van der Waals surface area contributed by atoms with Crippen molar-refractivity contribution in [2.24, 2.45) is 7.05 Å². The van der Waals surface area contributed by atoms with E-state index in [1.54, 1.807) is 19.2 Å². The number of aryl methyl sites for hydroxylation is 1. The fraction of sp³-hybridized carbons (Fsp3) is 0.462. The van der Waals surface area contributed by atoms with Gasteiger partial charge in [0.1, 0.15) is 11.6 Å². The second-order valence-corrected chi connectivity index (χ2v) is 4.83. The molecule has 0 atom stereocenters. The first-order valence-electron chi connectivity index (χ1n) is 6.83. The molecule has 0 saturated carbocycles. The van der Waals surface area contributed by atoms with Gasteiger partial charge in [0.25, 0.3) is 0 Å². The summed E-state index contributed by atoms with van der Waals surface area (Å²) >= 11 is 0. The molecule has 1 fully saturated rings. The minimum Gasteiger partial charge on any atom is -0.485 e. The normalized spacial score (nSPS) is 15.2. The molecule has 1 saturated heterocycles. The minimum atomic E-state index is -0.276. The summed E-state index contributed by atoms with van der Waals surface area (Å²) in [7, 11) is 1.68. The Hall–Kier alpha value is -2.22. The summed E-state index contributed by atoms with van der Waals surface area (Å²) < 4.78 is 19.7. The van der Waals surface area contributed by atoms with E-state index in [1.807, 2.05) is 4.90 Å². The van der Waals surface area contributed by atoms with E-state index in [0.717, 1.165) is 26.2 Å². The molecule has 0 radical (unpaired) electrons. The number of nitrogens with zero attached hydrogens (tertiary/aromatic N) is 5. The Balaban J connectivity index is 1.65. The average molecular weight is 292 g/mol. The Morgan fingerprint density at radius 3 is 2.81 bits per heavy atom. The maximum absolute atomic E-state index is 14.2. The van der Waals surface area contributed by atoms with Gasteiger partial charge in [-0.05, 0) is 17.3 Å². The van der Waals surface area contributed by atoms with Crippen molar-refractivity contribution >= 4 is 5.69 Å². The van der Waals surface area contributed by atoms with Crippen LogP contribution in [0.2, 0.25) is 0 Å². The SMILES string of the molecule is Cn1nnc(COc2ccc(N3CCNCC3)c(F)c2)n1. The van der Waals surface area contributed by atoms with E-state index in [2.05, 4.69) is 20.7 Å². The van der Waals surface area contributed by atoms with Crippen molar-refractivity contribution in [3.63, 3.8) is 0 Å². The van der Waals surface area contributed by atoms with Crippen molar-refractivity contribution in [3.05, 3.63) is 29.8 Å². The molecule has 0 bridgehead atoms. The highest BCUT2D eigenvalue weighted by molar-refractivity contribution is 5.51. The van der Waals surface area contributed by atoms with Crippen LogP contribution in [0.5, 0.6) is 5.75 Å². The molecule has 1 aliphatic rings. The Labute approximate surface area is 121 Å². The molecular weight excluding hydrogens is 275 g/mol. The van der Waals surface area contributed by atoms with Gasteiger partial charge in [-0.25, -0.2) is 4.39 Å². The number of ether oxygens (including phenoxy) is 1. The number of hydrogen-bond acceptors (Lipinski definition) is 6. The minimum absolute atomic E-state index is 0.167. The van der Waals surface area contributed by atoms with Crippen molar-refractivity contribution in [1.82, 2.24) is 25.5 Å². The van der Waals surface area contributed by atoms with E-state index in [4.69, 9.17) is 4.74 Å². The van der Waals surface area contributed by atoms with Crippen LogP contribution in [0.1, 0.15) is 5.82 Å². The van der Waals surface area contributed by atoms with Crippen molar-refractivity contribution in [3.8, 4) is 5.75 Å². The number of benzene rings is 1. The van der Waals surface area contributed by atoms with Gasteiger partial charge in [0.2, 0.25) is 5.82 Å². The van der Waals surface area contributed by atoms with E-state index >= 15 is 0 Å². The van der Waals surface area contributed by atoms with Gasteiger partial charge >= 0.3 is 0 Å². The summed E-state index contributed by atoms with van der Waals surface area (Å²) in [5.41, 5.74) is 0.612. The Kier molecular flexibility index (Phi) is 3.96. The third-order valence-corrected chi connectivity index (χ3v) is 3.29. The zero-order valence-electron chi connectivity index (χ0n) is 11.8. The van der Waals surface area contributed by atoms with Crippen LogP contribution in [0, 0.1) is 5.82 Å². The largest absolute Gasteiger partial charge is 0.485 e. The lowest BCUT2D eigenvalue weighted by atomic mass is 10.2. The van der Waals surface area contributed by atoms with Crippen LogP contribution in [0.25, 0.3) is 0 Å². The quantitative estimate of drug-likeness (QED) is 0.876. The number of tetrazole rings is 1. The molecule has 0 aliphatic carbocycles. The fourth-order valence-electron chi connectivity index (χ4n) is 2.27. The van der Waals surface area contributed by atoms with Crippen LogP contribution in [-0.4, -0.2) is 46.4 Å². The molecule has 0 spiro atoms. The molecule has 0 amide bonds. The van der Waals surface area contributed by atoms with E-state index < -0.39 is 0 Å². The number of piperazine rings is 1. The number of hydrogen-bond donors (Lipinski definition) is 1. The summed E-state index contributed by atoms with van der Waals surface area (Å²) in [6.07, 6.45) is 0. The number of rotatable bonds is 4. The Morgan fingerprint density at radius 1 is 1.33 bits per heavy atom. The zero-order chi connectivity index (χ0) is 14.7. The van der Waals surface area contributed by atoms with Crippen molar-refractivity contribution in [1.29, 1.82) is 0 Å². The monoisotopic (exact) mass is 292 g/mol. The van der Waals surface area contributed by atoms with E-state index in [1.165, 1.54) is 10.9 Å². The molecule has 2 aromatic rings. The van der Waals surface area contributed by atoms with Gasteiger partial charge in [-0.3, -0.25) is 0 Å². The molecule has 0 unspecified atom stereocenters. The van der Waals surface area contributed by atoms with Gasteiger partial charge in [-0.2, -0.15) is 4.80 Å². The summed E-state index contributed by atoms with van der Waals surface area (Å²) in [5, 5.41) is 14.8. The fourth-order valence-corrected chi connectivity index (χ4v) is 2.27. The number of nitrogens with one attached hydrogen (secondary N) is 1. The second-order valence-electron chi connectivity index (χ2n) is 4.83. The highest BCUT2D eigenvalue weighted by Crippen LogP contribution is 2.24. The van der Waals surface area contributed by atoms with Gasteiger partial charge in [-0.15, -0.1) is 10.2 Å². The van der Waals surface area contributed by atoms with Crippen molar-refractivity contribution in [2.45, 2.75) is 6.61 Å². The summed E-state index contributed by atoms with van der Waals surface area (Å²) in [5.74, 6) is 0.643. The van der Waals surface area contributed by atoms with Gasteiger partial charge in [0, 0.05) is 32.2 Å². The molecule has 1 aromatic heterocycles. The third kappa shape index (κ3) is 3.27. The lowest BCUT2D eigenvalue weighted by Gasteiger charge is -2.29. The lowest BCUT2D eigenvalue weighted by Crippen LogP contribution is -2.43. The second kappa shape index (κ2) is 6.04. The van der Waals surface area contributed by atoms with Gasteiger partial charge in [0.05, 0.1) is 12.7 Å². The molecule has 1 N–H and O–H groups in total. The van der Waals surface area contributed by atoms with Crippen LogP contribution < -0.4 is 15.0 Å². The van der Waals surface area contributed by atoms with Crippen molar-refractivity contribution < 1.29 is 9.13 Å². The van der Waals surface area contributed by atoms with Gasteiger partial charge in [0.15, 0.2) is 6.61 Å². The van der Waals surface area contributed by atoms with Gasteiger partial charge < -0.3 is 15.0 Å². The summed E-state index contributed by atoms with van der Waals surface area (Å²) in [6.45, 7) is 3.52. The molecule has 3 rings (SSSR count). The predicted octanol–water partition coefficient (Wildman–Crippen LogP) is 0.338. The first-order valence-corrected chi connectivity index (χ1v) is 6.83. The van der Waals surface area contributed by atoms with Crippen LogP contribution in [0.4, 0.5) is 10.1 Å². The molecule has 112 valence electrons. The third-order valence-electron chi connectivity index (χ3n) is 3.29. The van der Waals surface area contributed by atoms with E-state index in [9.17, 15) is 4.39 Å². The van der Waals surface area contributed by atoms with Crippen LogP contribution in [0.3, 0.4) is 0 Å². The van der Waals surface area contributed by atoms with Crippen LogP contribution in [0.15, 0.2) is 18.2 Å². The standard InChI is InChI=1S/C13H17FN6O/c1-19-17-13(16-18-19)9-21-10-2-3-12(11(14)8-10)20-6-4-15-5-7-20/h2-3,8,15H,4-7,9H2,1H3. The highest BCUT2D eigenvalue weighted by Gasteiger charge is 2.15. The van der Waals surface area contributed by atoms with E-state index in [0.29, 0.717) is 17.3 Å². The number of anilines is 1. The van der Waals surface area contributed by atoms with Crippen LogP contribution in [-0.2, 0) is 13.7 Å². The average Bonchev–Trinajstić information content (AvgIpc) is 2.92. The zero-order valence-corrected chi connectivity index (χ0v) is 11.8. The number of aromatic nitrogens is 4. The topological polar surface area (TPSA) is 68.1 Å². The Bertz CT molecular complexity index is 610. The highest BCUT2D eigenvalue weighted by atomic mass is 19.1. The van der Waals surface area contributed by atoms with E-state index in [-0.39, 0.29) is 12.4 Å². The summed E-state index contributed by atoms with van der Waals surface area (Å²) in [6, 6.07) is 4.91. The van der Waals surface area contributed by atoms with Crippen LogP contribution >= 0.6 is 0 Å². The first-order chi connectivity index (χ1) is 10.2. The molecule has 1 aromatic carbocycles. The maximum atomic E-state index is 14.2. The predicted molar refractivity (Wildman–Crippen MR) is 74.6 cm³/mol. The maximum Gasteiger partial charge on any atom is 0.212 e. The first kappa shape index (κ1) is 13.7. The smallest absolute Gasteiger partial charge is 0.212 e. The summed E-state index contributed by atoms with van der Waals surface area (Å²) in [4.78, 5) is 3.38. The number of halogens is 1. The molecular formula is C13H17FN6O. The Morgan fingerprint density at radius 2 is 2.14 bits per heavy atom. The molecule has 1 aliphatic heterocycles. The van der Waals surface area contributed by atoms with Crippen molar-refractivity contribution in [2.75, 3.05) is 31.1 Å².